The molecule has 3 N–H and O–H groups in total. The average Bonchev–Trinajstić information content (AvgIpc) is 2.84. The van der Waals surface area contributed by atoms with Crippen molar-refractivity contribution in [3.8, 4) is 0 Å². The molecule has 10 heteroatoms. The van der Waals surface area contributed by atoms with Gasteiger partial charge in [-0.2, -0.15) is 0 Å². The number of nitrogens with two attached hydrogens (primary N) is 1. The van der Waals surface area contributed by atoms with E-state index in [4.69, 9.17) is 5.73 Å². The Labute approximate surface area is 145 Å². The van der Waals surface area contributed by atoms with Crippen molar-refractivity contribution in [2.45, 2.75) is 43.9 Å². The van der Waals surface area contributed by atoms with Gasteiger partial charge in [-0.05, 0) is 19.8 Å². The number of sulfone groups is 1. The maximum atomic E-state index is 12.6. The van der Waals surface area contributed by atoms with E-state index in [1.807, 2.05) is 13.8 Å². The molecule has 0 spiro atoms. The van der Waals surface area contributed by atoms with Gasteiger partial charge in [0.2, 0.25) is 5.91 Å². The van der Waals surface area contributed by atoms with Crippen LogP contribution in [0.3, 0.4) is 0 Å². The van der Waals surface area contributed by atoms with Crippen LogP contribution in [0.4, 0.5) is 5.82 Å². The summed E-state index contributed by atoms with van der Waals surface area (Å²) in [6.45, 7) is 3.87. The number of aromatic amines is 1. The Balaban J connectivity index is 2.09. The Hall–Kier alpha value is -1.55. The predicted octanol–water partition coefficient (Wildman–Crippen LogP) is 0.258. The number of carbonyl (C=O) groups is 1. The lowest BCUT2D eigenvalue weighted by atomic mass is 10.1. The first-order valence-electron chi connectivity index (χ1n) is 7.73. The molecule has 1 aromatic heterocycles. The maximum Gasteiger partial charge on any atom is 0.253 e. The number of carbonyl (C=O) groups excluding carboxylic acids is 1. The van der Waals surface area contributed by atoms with Gasteiger partial charge in [0.05, 0.1) is 17.3 Å². The lowest BCUT2D eigenvalue weighted by Crippen LogP contribution is -2.47. The molecule has 1 amide bonds. The Morgan fingerprint density at radius 2 is 2.29 bits per heavy atom. The molecular formula is C14H22N4O4S2. The SMILES string of the molecule is CC[C@@H](C)N(C(=O)CSc1nc(N)cc(=O)[nH]1)[C@@H]1CCS(=O)(=O)C1. The maximum absolute atomic E-state index is 12.6. The number of aromatic nitrogens is 2. The van der Waals surface area contributed by atoms with Gasteiger partial charge in [-0.1, -0.05) is 18.7 Å². The van der Waals surface area contributed by atoms with Crippen LogP contribution in [-0.4, -0.2) is 58.5 Å². The van der Waals surface area contributed by atoms with E-state index in [0.717, 1.165) is 18.2 Å². The van der Waals surface area contributed by atoms with Crippen molar-refractivity contribution in [2.24, 2.45) is 0 Å². The zero-order valence-corrected chi connectivity index (χ0v) is 15.3. The fraction of sp³-hybridized carbons (Fsp3) is 0.643. The van der Waals surface area contributed by atoms with Gasteiger partial charge in [0.1, 0.15) is 5.82 Å². The van der Waals surface area contributed by atoms with Crippen molar-refractivity contribution in [3.63, 3.8) is 0 Å². The minimum Gasteiger partial charge on any atom is -0.383 e. The number of hydrogen-bond acceptors (Lipinski definition) is 7. The van der Waals surface area contributed by atoms with Crippen LogP contribution in [0.5, 0.6) is 0 Å². The molecule has 1 aliphatic heterocycles. The van der Waals surface area contributed by atoms with Crippen molar-refractivity contribution in [1.29, 1.82) is 0 Å². The summed E-state index contributed by atoms with van der Waals surface area (Å²) < 4.78 is 23.5. The normalized spacial score (nSPS) is 20.7. The highest BCUT2D eigenvalue weighted by molar-refractivity contribution is 7.99. The molecule has 0 radical (unpaired) electrons. The van der Waals surface area contributed by atoms with E-state index in [1.165, 1.54) is 6.07 Å². The topological polar surface area (TPSA) is 126 Å². The average molecular weight is 374 g/mol. The molecule has 0 aromatic carbocycles. The summed E-state index contributed by atoms with van der Waals surface area (Å²) in [7, 11) is -3.07. The fourth-order valence-corrected chi connectivity index (χ4v) is 5.19. The number of nitrogen functional groups attached to an aromatic ring is 1. The monoisotopic (exact) mass is 374 g/mol. The van der Waals surface area contributed by atoms with Crippen LogP contribution in [0.25, 0.3) is 0 Å². The van der Waals surface area contributed by atoms with Crippen LogP contribution in [0.1, 0.15) is 26.7 Å². The number of thioether (sulfide) groups is 1. The van der Waals surface area contributed by atoms with Gasteiger partial charge < -0.3 is 15.6 Å². The first-order chi connectivity index (χ1) is 11.2. The lowest BCUT2D eigenvalue weighted by molar-refractivity contribution is -0.132. The van der Waals surface area contributed by atoms with E-state index in [9.17, 15) is 18.0 Å². The number of rotatable bonds is 6. The minimum atomic E-state index is -3.07. The van der Waals surface area contributed by atoms with Gasteiger partial charge in [-0.25, -0.2) is 13.4 Å². The number of amides is 1. The van der Waals surface area contributed by atoms with Gasteiger partial charge in [0, 0.05) is 18.2 Å². The molecule has 2 heterocycles. The highest BCUT2D eigenvalue weighted by Gasteiger charge is 2.36. The van der Waals surface area contributed by atoms with Crippen LogP contribution in [0.15, 0.2) is 16.0 Å². The smallest absolute Gasteiger partial charge is 0.253 e. The Morgan fingerprint density at radius 3 is 2.83 bits per heavy atom. The predicted molar refractivity (Wildman–Crippen MR) is 93.7 cm³/mol. The fourth-order valence-electron chi connectivity index (χ4n) is 2.73. The first-order valence-corrected chi connectivity index (χ1v) is 10.5. The molecule has 0 unspecified atom stereocenters. The van der Waals surface area contributed by atoms with Gasteiger partial charge in [-0.3, -0.25) is 9.59 Å². The van der Waals surface area contributed by atoms with E-state index >= 15 is 0 Å². The molecule has 8 nitrogen and oxygen atoms in total. The van der Waals surface area contributed by atoms with Crippen molar-refractivity contribution < 1.29 is 13.2 Å². The standard InChI is InChI=1S/C14H22N4O4S2/c1-3-9(2)18(10-4-5-24(21,22)8-10)13(20)7-23-14-16-11(15)6-12(19)17-14/h6,9-10H,3-5,7-8H2,1-2H3,(H3,15,16,17,19)/t9-,10-/m1/s1. The summed E-state index contributed by atoms with van der Waals surface area (Å²) in [5, 5.41) is 0.275. The summed E-state index contributed by atoms with van der Waals surface area (Å²) >= 11 is 1.08. The summed E-state index contributed by atoms with van der Waals surface area (Å²) in [4.78, 5) is 32.2. The molecule has 0 bridgehead atoms. The molecule has 0 saturated carbocycles. The number of nitrogens with one attached hydrogen (secondary N) is 1. The van der Waals surface area contributed by atoms with E-state index in [0.29, 0.717) is 6.42 Å². The molecule has 1 fully saturated rings. The quantitative estimate of drug-likeness (QED) is 0.540. The molecule has 2 rings (SSSR count). The summed E-state index contributed by atoms with van der Waals surface area (Å²) in [6, 6.07) is 0.830. The Kier molecular flexibility index (Phi) is 5.92. The van der Waals surface area contributed by atoms with Gasteiger partial charge >= 0.3 is 0 Å². The number of anilines is 1. The van der Waals surface area contributed by atoms with Crippen LogP contribution in [-0.2, 0) is 14.6 Å². The summed E-state index contributed by atoms with van der Waals surface area (Å²) in [5.74, 6) is 0.125. The molecule has 134 valence electrons. The molecule has 0 aliphatic carbocycles. The second kappa shape index (κ2) is 7.56. The zero-order valence-electron chi connectivity index (χ0n) is 13.7. The lowest BCUT2D eigenvalue weighted by Gasteiger charge is -2.33. The van der Waals surface area contributed by atoms with Gasteiger partial charge in [-0.15, -0.1) is 0 Å². The number of hydrogen-bond donors (Lipinski definition) is 2. The molecule has 1 aliphatic rings. The van der Waals surface area contributed by atoms with Crippen LogP contribution < -0.4 is 11.3 Å². The highest BCUT2D eigenvalue weighted by atomic mass is 32.2. The first kappa shape index (κ1) is 18.8. The zero-order chi connectivity index (χ0) is 17.9. The number of H-pyrrole nitrogens is 1. The molecule has 1 aromatic rings. The van der Waals surface area contributed by atoms with Crippen molar-refractivity contribution in [2.75, 3.05) is 23.0 Å². The van der Waals surface area contributed by atoms with E-state index in [1.54, 1.807) is 4.90 Å². The third-order valence-corrected chi connectivity index (χ3v) is 6.64. The van der Waals surface area contributed by atoms with E-state index < -0.39 is 9.84 Å². The van der Waals surface area contributed by atoms with Crippen molar-refractivity contribution in [1.82, 2.24) is 14.9 Å². The van der Waals surface area contributed by atoms with Crippen molar-refractivity contribution in [3.05, 3.63) is 16.4 Å². The molecular weight excluding hydrogens is 352 g/mol. The van der Waals surface area contributed by atoms with E-state index in [-0.39, 0.29) is 51.8 Å². The molecule has 2 atom stereocenters. The third-order valence-electron chi connectivity index (χ3n) is 4.03. The third kappa shape index (κ3) is 4.73. The molecule has 24 heavy (non-hydrogen) atoms. The Morgan fingerprint density at radius 1 is 1.58 bits per heavy atom. The Bertz CT molecular complexity index is 762. The van der Waals surface area contributed by atoms with Crippen LogP contribution in [0, 0.1) is 0 Å². The second-order valence-electron chi connectivity index (χ2n) is 5.88. The van der Waals surface area contributed by atoms with Crippen LogP contribution in [0.2, 0.25) is 0 Å². The van der Waals surface area contributed by atoms with Crippen molar-refractivity contribution >= 4 is 33.3 Å². The summed E-state index contributed by atoms with van der Waals surface area (Å²) in [6.07, 6.45) is 1.21. The van der Waals surface area contributed by atoms with E-state index in [2.05, 4.69) is 9.97 Å². The summed E-state index contributed by atoms with van der Waals surface area (Å²) in [5.41, 5.74) is 5.14. The molecule has 1 saturated heterocycles. The van der Waals surface area contributed by atoms with Gasteiger partial charge in [0.25, 0.3) is 5.56 Å². The highest BCUT2D eigenvalue weighted by Crippen LogP contribution is 2.23. The van der Waals surface area contributed by atoms with Gasteiger partial charge in [0.15, 0.2) is 15.0 Å². The largest absolute Gasteiger partial charge is 0.383 e. The number of nitrogens with zero attached hydrogens (tertiary/aromatic N) is 2. The van der Waals surface area contributed by atoms with Crippen LogP contribution >= 0.6 is 11.8 Å². The second-order valence-corrected chi connectivity index (χ2v) is 9.07. The minimum absolute atomic E-state index is 0.0150.